The molecular weight excluding hydrogens is 390 g/mol. The summed E-state index contributed by atoms with van der Waals surface area (Å²) in [4.78, 5) is 14.9. The molecule has 4 aromatic rings. The van der Waals surface area contributed by atoms with Crippen LogP contribution in [0.25, 0.3) is 10.8 Å². The zero-order chi connectivity index (χ0) is 21.3. The van der Waals surface area contributed by atoms with Crippen LogP contribution in [0.1, 0.15) is 27.0 Å². The van der Waals surface area contributed by atoms with Gasteiger partial charge in [0.05, 0.1) is 5.56 Å². The molecule has 2 aliphatic heterocycles. The Morgan fingerprint density at radius 2 is 1.68 bits per heavy atom. The Hall–Kier alpha value is -3.99. The molecule has 2 aliphatic rings. The maximum absolute atomic E-state index is 12.9. The summed E-state index contributed by atoms with van der Waals surface area (Å²) in [6, 6.07) is 22.5. The number of rotatable bonds is 1. The number of hydrogen-bond donors (Lipinski definition) is 1. The van der Waals surface area contributed by atoms with Crippen molar-refractivity contribution in [3.05, 3.63) is 95.1 Å². The molecule has 31 heavy (non-hydrogen) atoms. The Morgan fingerprint density at radius 1 is 0.871 bits per heavy atom. The predicted molar refractivity (Wildman–Crippen MR) is 118 cm³/mol. The van der Waals surface area contributed by atoms with E-state index < -0.39 is 5.60 Å². The number of carbonyl (C=O) groups excluding carboxylic acids is 1. The average molecular weight is 409 g/mol. The van der Waals surface area contributed by atoms with Crippen LogP contribution in [0.2, 0.25) is 0 Å². The van der Waals surface area contributed by atoms with Crippen LogP contribution in [0, 0.1) is 0 Å². The molecule has 5 heteroatoms. The Balaban J connectivity index is 1.74. The topological polar surface area (TPSA) is 59.0 Å². The molecule has 0 amide bonds. The predicted octanol–water partition coefficient (Wildman–Crippen LogP) is 5.18. The third kappa shape index (κ3) is 2.28. The zero-order valence-corrected chi connectivity index (χ0v) is 17.0. The van der Waals surface area contributed by atoms with Crippen molar-refractivity contribution in [1.82, 2.24) is 0 Å². The Bertz CT molecular complexity index is 1410. The number of carbonyl (C=O) groups is 1. The molecule has 1 atom stereocenters. The van der Waals surface area contributed by atoms with Crippen molar-refractivity contribution in [2.24, 2.45) is 0 Å². The first-order valence-corrected chi connectivity index (χ1v) is 10.1. The first kappa shape index (κ1) is 17.8. The molecule has 2 heterocycles. The summed E-state index contributed by atoms with van der Waals surface area (Å²) in [5, 5.41) is 11.6. The van der Waals surface area contributed by atoms with Gasteiger partial charge in [0, 0.05) is 47.9 Å². The molecule has 5 nitrogen and oxygen atoms in total. The number of fused-ring (bicyclic) bond motifs is 8. The van der Waals surface area contributed by atoms with Gasteiger partial charge in [0.25, 0.3) is 0 Å². The SMILES string of the molecule is CN(C)c1ccc2c(c1)Oc1c(ccc3cc(O)ccc13)C21OC(=O)c2ccccc21. The van der Waals surface area contributed by atoms with Gasteiger partial charge in [0.15, 0.2) is 5.60 Å². The van der Waals surface area contributed by atoms with Crippen LogP contribution in [0.5, 0.6) is 17.2 Å². The van der Waals surface area contributed by atoms with Gasteiger partial charge in [-0.1, -0.05) is 24.3 Å². The maximum Gasteiger partial charge on any atom is 0.340 e. The van der Waals surface area contributed by atoms with Gasteiger partial charge in [-0.25, -0.2) is 4.79 Å². The largest absolute Gasteiger partial charge is 0.508 e. The molecule has 0 aromatic heterocycles. The molecular formula is C26H19NO4. The Morgan fingerprint density at radius 3 is 2.52 bits per heavy atom. The molecule has 0 fully saturated rings. The van der Waals surface area contributed by atoms with Crippen molar-refractivity contribution in [1.29, 1.82) is 0 Å². The number of esters is 1. The molecule has 1 unspecified atom stereocenters. The number of hydrogen-bond acceptors (Lipinski definition) is 5. The molecule has 0 bridgehead atoms. The number of nitrogens with zero attached hydrogens (tertiary/aromatic N) is 1. The van der Waals surface area contributed by atoms with E-state index in [2.05, 4.69) is 0 Å². The summed E-state index contributed by atoms with van der Waals surface area (Å²) in [6.07, 6.45) is 0. The van der Waals surface area contributed by atoms with Crippen molar-refractivity contribution < 1.29 is 19.4 Å². The number of ether oxygens (including phenoxy) is 2. The second-order valence-corrected chi connectivity index (χ2v) is 8.14. The van der Waals surface area contributed by atoms with E-state index in [1.165, 1.54) is 0 Å². The van der Waals surface area contributed by atoms with Crippen molar-refractivity contribution >= 4 is 22.4 Å². The lowest BCUT2D eigenvalue weighted by molar-refractivity contribution is 0.0225. The van der Waals surface area contributed by atoms with Crippen LogP contribution in [-0.2, 0) is 10.3 Å². The average Bonchev–Trinajstić information content (AvgIpc) is 3.06. The molecule has 0 aliphatic carbocycles. The Labute approximate surface area is 179 Å². The summed E-state index contributed by atoms with van der Waals surface area (Å²) < 4.78 is 12.7. The van der Waals surface area contributed by atoms with E-state index >= 15 is 0 Å². The van der Waals surface area contributed by atoms with Gasteiger partial charge in [0.2, 0.25) is 0 Å². The summed E-state index contributed by atoms with van der Waals surface area (Å²) in [7, 11) is 3.94. The molecule has 152 valence electrons. The monoisotopic (exact) mass is 409 g/mol. The van der Waals surface area contributed by atoms with E-state index in [0.717, 1.165) is 33.2 Å². The minimum Gasteiger partial charge on any atom is -0.508 e. The summed E-state index contributed by atoms with van der Waals surface area (Å²) in [5.41, 5.74) is 2.82. The number of anilines is 1. The lowest BCUT2D eigenvalue weighted by Gasteiger charge is -2.37. The normalized spacial score (nSPS) is 18.2. The van der Waals surface area contributed by atoms with Crippen LogP contribution < -0.4 is 9.64 Å². The van der Waals surface area contributed by atoms with Gasteiger partial charge in [-0.05, 0) is 47.9 Å². The van der Waals surface area contributed by atoms with Crippen molar-refractivity contribution in [3.63, 3.8) is 0 Å². The van der Waals surface area contributed by atoms with E-state index in [9.17, 15) is 9.90 Å². The second-order valence-electron chi connectivity index (χ2n) is 8.14. The molecule has 0 radical (unpaired) electrons. The van der Waals surface area contributed by atoms with Crippen molar-refractivity contribution in [2.45, 2.75) is 5.60 Å². The highest BCUT2D eigenvalue weighted by Gasteiger charge is 2.53. The van der Waals surface area contributed by atoms with Gasteiger partial charge in [-0.3, -0.25) is 0 Å². The fraction of sp³-hybridized carbons (Fsp3) is 0.115. The lowest BCUT2D eigenvalue weighted by Crippen LogP contribution is -2.33. The third-order valence-corrected chi connectivity index (χ3v) is 6.18. The van der Waals surface area contributed by atoms with E-state index in [1.807, 2.05) is 73.6 Å². The zero-order valence-electron chi connectivity index (χ0n) is 17.0. The molecule has 0 saturated heterocycles. The van der Waals surface area contributed by atoms with Crippen LogP contribution in [-0.4, -0.2) is 25.2 Å². The third-order valence-electron chi connectivity index (χ3n) is 6.18. The standard InChI is InChI=1S/C26H19NO4/c1-27(2)16-8-12-21-23(14-16)30-24-18-10-9-17(28)13-15(18)7-11-22(24)26(21)20-6-4-3-5-19(20)25(29)31-26/h3-14,28H,1-2H3. The summed E-state index contributed by atoms with van der Waals surface area (Å²) in [5.74, 6) is 1.11. The number of phenolic OH excluding ortho intramolecular Hbond substituents is 1. The highest BCUT2D eigenvalue weighted by atomic mass is 16.6. The first-order valence-electron chi connectivity index (χ1n) is 10.1. The molecule has 6 rings (SSSR count). The van der Waals surface area contributed by atoms with E-state index in [0.29, 0.717) is 17.1 Å². The second kappa shape index (κ2) is 6.01. The maximum atomic E-state index is 12.9. The van der Waals surface area contributed by atoms with Crippen LogP contribution in [0.3, 0.4) is 0 Å². The molecule has 0 saturated carbocycles. The van der Waals surface area contributed by atoms with Crippen molar-refractivity contribution in [2.75, 3.05) is 19.0 Å². The van der Waals surface area contributed by atoms with Gasteiger partial charge >= 0.3 is 5.97 Å². The fourth-order valence-corrected chi connectivity index (χ4v) is 4.71. The molecule has 1 N–H and O–H groups in total. The van der Waals surface area contributed by atoms with Gasteiger partial charge < -0.3 is 19.5 Å². The smallest absolute Gasteiger partial charge is 0.340 e. The fourth-order valence-electron chi connectivity index (χ4n) is 4.71. The summed E-state index contributed by atoms with van der Waals surface area (Å²) in [6.45, 7) is 0. The minimum absolute atomic E-state index is 0.186. The highest BCUT2D eigenvalue weighted by Crippen LogP contribution is 2.57. The summed E-state index contributed by atoms with van der Waals surface area (Å²) >= 11 is 0. The number of benzene rings is 4. The minimum atomic E-state index is -1.09. The first-order chi connectivity index (χ1) is 15.0. The molecule has 1 spiro atoms. The van der Waals surface area contributed by atoms with Crippen molar-refractivity contribution in [3.8, 4) is 17.2 Å². The number of phenols is 1. The van der Waals surface area contributed by atoms with Crippen LogP contribution in [0.4, 0.5) is 5.69 Å². The van der Waals surface area contributed by atoms with Gasteiger partial charge in [-0.15, -0.1) is 0 Å². The van der Waals surface area contributed by atoms with E-state index in [1.54, 1.807) is 18.2 Å². The number of aromatic hydroxyl groups is 1. The van der Waals surface area contributed by atoms with Crippen LogP contribution >= 0.6 is 0 Å². The van der Waals surface area contributed by atoms with Gasteiger partial charge in [0.1, 0.15) is 17.2 Å². The molecule has 4 aromatic carbocycles. The van der Waals surface area contributed by atoms with E-state index in [-0.39, 0.29) is 11.7 Å². The van der Waals surface area contributed by atoms with Crippen LogP contribution in [0.15, 0.2) is 72.8 Å². The van der Waals surface area contributed by atoms with Gasteiger partial charge in [-0.2, -0.15) is 0 Å². The highest BCUT2D eigenvalue weighted by molar-refractivity contribution is 5.99. The Kier molecular flexibility index (Phi) is 3.46. The lowest BCUT2D eigenvalue weighted by atomic mass is 9.77. The quantitative estimate of drug-likeness (QED) is 0.439. The van der Waals surface area contributed by atoms with E-state index in [4.69, 9.17) is 9.47 Å².